The van der Waals surface area contributed by atoms with E-state index in [0.29, 0.717) is 24.4 Å². The Hall–Kier alpha value is -1.40. The van der Waals surface area contributed by atoms with Crippen LogP contribution in [-0.4, -0.2) is 38.3 Å². The summed E-state index contributed by atoms with van der Waals surface area (Å²) in [6.07, 6.45) is 1.45. The number of aryl methyl sites for hydroxylation is 2. The molecule has 1 heterocycles. The Morgan fingerprint density at radius 2 is 2.09 bits per heavy atom. The Kier molecular flexibility index (Phi) is 5.24. The molecular weight excluding hydrogens is 300 g/mol. The summed E-state index contributed by atoms with van der Waals surface area (Å²) in [7, 11) is -3.54. The van der Waals surface area contributed by atoms with Crippen molar-refractivity contribution < 1.29 is 13.2 Å². The standard InChI is InChI=1S/C16H24N2O3S/c1-4-17-16(19)14-6-5-9-18(11-14)22(20,21)15-10-12(2)7-8-13(15)3/h7-8,10,14H,4-6,9,11H2,1-3H3,(H,17,19)/t14-/m0/s1. The fraction of sp³-hybridized carbons (Fsp3) is 0.562. The van der Waals surface area contributed by atoms with Gasteiger partial charge in [0.05, 0.1) is 10.8 Å². The minimum Gasteiger partial charge on any atom is -0.356 e. The SMILES string of the molecule is CCNC(=O)[C@H]1CCCN(S(=O)(=O)c2cc(C)ccc2C)C1. The van der Waals surface area contributed by atoms with E-state index in [2.05, 4.69) is 5.32 Å². The van der Waals surface area contributed by atoms with Crippen LogP contribution in [0.1, 0.15) is 30.9 Å². The van der Waals surface area contributed by atoms with Crippen molar-refractivity contribution in [3.8, 4) is 0 Å². The maximum absolute atomic E-state index is 12.9. The second kappa shape index (κ2) is 6.79. The largest absolute Gasteiger partial charge is 0.356 e. The minimum absolute atomic E-state index is 0.0524. The molecule has 0 bridgehead atoms. The fourth-order valence-corrected chi connectivity index (χ4v) is 4.65. The predicted molar refractivity (Wildman–Crippen MR) is 86.1 cm³/mol. The molecule has 6 heteroatoms. The van der Waals surface area contributed by atoms with E-state index in [4.69, 9.17) is 0 Å². The molecule has 1 atom stereocenters. The lowest BCUT2D eigenvalue weighted by Crippen LogP contribution is -2.45. The van der Waals surface area contributed by atoms with Crippen molar-refractivity contribution in [3.63, 3.8) is 0 Å². The monoisotopic (exact) mass is 324 g/mol. The number of carbonyl (C=O) groups excluding carboxylic acids is 1. The molecule has 1 saturated heterocycles. The molecule has 1 amide bonds. The number of benzene rings is 1. The summed E-state index contributed by atoms with van der Waals surface area (Å²) >= 11 is 0. The Morgan fingerprint density at radius 1 is 1.36 bits per heavy atom. The van der Waals surface area contributed by atoms with Gasteiger partial charge in [-0.2, -0.15) is 4.31 Å². The number of amides is 1. The summed E-state index contributed by atoms with van der Waals surface area (Å²) in [5.74, 6) is -0.308. The quantitative estimate of drug-likeness (QED) is 0.919. The van der Waals surface area contributed by atoms with Gasteiger partial charge >= 0.3 is 0 Å². The Bertz CT molecular complexity index is 655. The highest BCUT2D eigenvalue weighted by atomic mass is 32.2. The lowest BCUT2D eigenvalue weighted by Gasteiger charge is -2.31. The molecule has 22 heavy (non-hydrogen) atoms. The highest BCUT2D eigenvalue weighted by Gasteiger charge is 2.33. The zero-order valence-electron chi connectivity index (χ0n) is 13.4. The van der Waals surface area contributed by atoms with Crippen LogP contribution in [0.15, 0.2) is 23.1 Å². The number of nitrogens with zero attached hydrogens (tertiary/aromatic N) is 1. The van der Waals surface area contributed by atoms with E-state index < -0.39 is 10.0 Å². The molecule has 2 rings (SSSR count). The number of hydrogen-bond acceptors (Lipinski definition) is 3. The van der Waals surface area contributed by atoms with Crippen molar-refractivity contribution in [2.24, 2.45) is 5.92 Å². The normalized spacial score (nSPS) is 19.9. The van der Waals surface area contributed by atoms with Crippen LogP contribution < -0.4 is 5.32 Å². The Labute approximate surface area is 132 Å². The Morgan fingerprint density at radius 3 is 2.77 bits per heavy atom. The molecule has 0 spiro atoms. The van der Waals surface area contributed by atoms with Crippen LogP contribution >= 0.6 is 0 Å². The number of rotatable bonds is 4. The highest BCUT2D eigenvalue weighted by Crippen LogP contribution is 2.26. The average molecular weight is 324 g/mol. The van der Waals surface area contributed by atoms with Crippen LogP contribution in [0.25, 0.3) is 0 Å². The van der Waals surface area contributed by atoms with Crippen LogP contribution in [0.2, 0.25) is 0 Å². The molecule has 1 aromatic carbocycles. The van der Waals surface area contributed by atoms with E-state index in [9.17, 15) is 13.2 Å². The van der Waals surface area contributed by atoms with Gasteiger partial charge in [0.25, 0.3) is 0 Å². The first-order valence-corrected chi connectivity index (χ1v) is 9.15. The summed E-state index contributed by atoms with van der Waals surface area (Å²) in [4.78, 5) is 12.3. The van der Waals surface area contributed by atoms with E-state index in [1.165, 1.54) is 4.31 Å². The molecule has 0 aliphatic carbocycles. The van der Waals surface area contributed by atoms with Gasteiger partial charge < -0.3 is 5.32 Å². The second-order valence-corrected chi connectivity index (χ2v) is 7.77. The number of hydrogen-bond donors (Lipinski definition) is 1. The lowest BCUT2D eigenvalue weighted by atomic mass is 9.99. The van der Waals surface area contributed by atoms with Crippen LogP contribution in [0.3, 0.4) is 0 Å². The molecule has 1 fully saturated rings. The molecule has 0 radical (unpaired) electrons. The van der Waals surface area contributed by atoms with Crippen LogP contribution in [0.5, 0.6) is 0 Å². The topological polar surface area (TPSA) is 66.5 Å². The Balaban J connectivity index is 2.25. The lowest BCUT2D eigenvalue weighted by molar-refractivity contribution is -0.125. The van der Waals surface area contributed by atoms with E-state index in [-0.39, 0.29) is 18.4 Å². The van der Waals surface area contributed by atoms with Crippen molar-refractivity contribution >= 4 is 15.9 Å². The van der Waals surface area contributed by atoms with Gasteiger partial charge in [-0.3, -0.25) is 4.79 Å². The molecule has 1 aliphatic rings. The van der Waals surface area contributed by atoms with E-state index in [1.54, 1.807) is 13.0 Å². The van der Waals surface area contributed by atoms with Crippen molar-refractivity contribution in [1.82, 2.24) is 9.62 Å². The van der Waals surface area contributed by atoms with E-state index >= 15 is 0 Å². The summed E-state index contributed by atoms with van der Waals surface area (Å²) in [5, 5.41) is 2.79. The third-order valence-corrected chi connectivity index (χ3v) is 6.07. The summed E-state index contributed by atoms with van der Waals surface area (Å²) in [5.41, 5.74) is 1.66. The molecule has 0 aromatic heterocycles. The van der Waals surface area contributed by atoms with E-state index in [1.807, 2.05) is 26.0 Å². The zero-order valence-corrected chi connectivity index (χ0v) is 14.2. The molecule has 1 N–H and O–H groups in total. The van der Waals surface area contributed by atoms with Gasteiger partial charge in [0.1, 0.15) is 0 Å². The molecule has 1 aliphatic heterocycles. The summed E-state index contributed by atoms with van der Waals surface area (Å²) in [6.45, 7) is 6.86. The van der Waals surface area contributed by atoms with Crippen molar-refractivity contribution in [2.75, 3.05) is 19.6 Å². The first-order valence-electron chi connectivity index (χ1n) is 7.71. The van der Waals surface area contributed by atoms with Gasteiger partial charge in [0, 0.05) is 19.6 Å². The van der Waals surface area contributed by atoms with Crippen LogP contribution in [0, 0.1) is 19.8 Å². The third-order valence-electron chi connectivity index (χ3n) is 4.07. The van der Waals surface area contributed by atoms with Gasteiger partial charge in [-0.05, 0) is 50.8 Å². The first kappa shape index (κ1) is 17.0. The highest BCUT2D eigenvalue weighted by molar-refractivity contribution is 7.89. The van der Waals surface area contributed by atoms with Gasteiger partial charge in [-0.15, -0.1) is 0 Å². The van der Waals surface area contributed by atoms with E-state index in [0.717, 1.165) is 17.5 Å². The smallest absolute Gasteiger partial charge is 0.243 e. The molecule has 5 nitrogen and oxygen atoms in total. The summed E-state index contributed by atoms with van der Waals surface area (Å²) in [6, 6.07) is 5.44. The molecule has 0 saturated carbocycles. The minimum atomic E-state index is -3.54. The number of sulfonamides is 1. The van der Waals surface area contributed by atoms with Crippen molar-refractivity contribution in [3.05, 3.63) is 29.3 Å². The van der Waals surface area contributed by atoms with Gasteiger partial charge in [-0.1, -0.05) is 12.1 Å². The third kappa shape index (κ3) is 3.50. The molecular formula is C16H24N2O3S. The van der Waals surface area contributed by atoms with Gasteiger partial charge in [0.15, 0.2) is 0 Å². The van der Waals surface area contributed by atoms with Gasteiger partial charge in [-0.25, -0.2) is 8.42 Å². The maximum Gasteiger partial charge on any atom is 0.243 e. The maximum atomic E-state index is 12.9. The predicted octanol–water partition coefficient (Wildman–Crippen LogP) is 1.84. The molecule has 122 valence electrons. The van der Waals surface area contributed by atoms with Crippen LogP contribution in [0.4, 0.5) is 0 Å². The number of nitrogens with one attached hydrogen (secondary N) is 1. The molecule has 0 unspecified atom stereocenters. The fourth-order valence-electron chi connectivity index (χ4n) is 2.82. The number of carbonyl (C=O) groups is 1. The summed E-state index contributed by atoms with van der Waals surface area (Å²) < 4.78 is 27.2. The van der Waals surface area contributed by atoms with Crippen LogP contribution in [-0.2, 0) is 14.8 Å². The second-order valence-electron chi connectivity index (χ2n) is 5.87. The van der Waals surface area contributed by atoms with Crippen molar-refractivity contribution in [1.29, 1.82) is 0 Å². The first-order chi connectivity index (χ1) is 10.4. The van der Waals surface area contributed by atoms with Gasteiger partial charge in [0.2, 0.25) is 15.9 Å². The average Bonchev–Trinajstić information content (AvgIpc) is 2.50. The molecule has 1 aromatic rings. The zero-order chi connectivity index (χ0) is 16.3. The van der Waals surface area contributed by atoms with Crippen molar-refractivity contribution in [2.45, 2.75) is 38.5 Å². The number of piperidine rings is 1.